The minimum atomic E-state index is 0.560. The second-order valence-electron chi connectivity index (χ2n) is 7.40. The first-order valence-corrected chi connectivity index (χ1v) is 10.4. The van der Waals surface area contributed by atoms with Gasteiger partial charge < -0.3 is 9.30 Å². The number of hydrogen-bond acceptors (Lipinski definition) is 5. The van der Waals surface area contributed by atoms with E-state index in [0.29, 0.717) is 11.0 Å². The summed E-state index contributed by atoms with van der Waals surface area (Å²) in [6.45, 7) is 9.19. The molecule has 6 heteroatoms. The van der Waals surface area contributed by atoms with Crippen LogP contribution >= 0.6 is 11.5 Å². The van der Waals surface area contributed by atoms with Crippen LogP contribution in [0.1, 0.15) is 27.9 Å². The summed E-state index contributed by atoms with van der Waals surface area (Å²) < 4.78 is 12.6. The molecule has 0 unspecified atom stereocenters. The van der Waals surface area contributed by atoms with Crippen LogP contribution in [-0.4, -0.2) is 18.9 Å². The first-order chi connectivity index (χ1) is 14.0. The SMILES string of the molecule is Cc1ccc(-c2nsc(Oc3cc(C)c(CCn4cnc(C)c4)cc3C)n2)cc1. The third-order valence-corrected chi connectivity index (χ3v) is 5.54. The number of imidazole rings is 1. The van der Waals surface area contributed by atoms with Gasteiger partial charge in [0.15, 0.2) is 5.82 Å². The second-order valence-corrected chi connectivity index (χ2v) is 8.11. The van der Waals surface area contributed by atoms with E-state index in [2.05, 4.69) is 70.1 Å². The van der Waals surface area contributed by atoms with Crippen molar-refractivity contribution in [2.24, 2.45) is 0 Å². The van der Waals surface area contributed by atoms with Crippen LogP contribution in [0.3, 0.4) is 0 Å². The van der Waals surface area contributed by atoms with E-state index >= 15 is 0 Å². The Balaban J connectivity index is 1.48. The summed E-state index contributed by atoms with van der Waals surface area (Å²) in [5, 5.41) is 0.560. The van der Waals surface area contributed by atoms with Crippen molar-refractivity contribution in [3.8, 4) is 22.3 Å². The Morgan fingerprint density at radius 2 is 1.79 bits per heavy atom. The van der Waals surface area contributed by atoms with Crippen LogP contribution in [0.4, 0.5) is 0 Å². The van der Waals surface area contributed by atoms with E-state index in [4.69, 9.17) is 4.74 Å². The van der Waals surface area contributed by atoms with Gasteiger partial charge in [-0.15, -0.1) is 0 Å². The van der Waals surface area contributed by atoms with Gasteiger partial charge in [0.25, 0.3) is 5.19 Å². The van der Waals surface area contributed by atoms with Crippen LogP contribution in [0.2, 0.25) is 0 Å². The highest BCUT2D eigenvalue weighted by Crippen LogP contribution is 2.31. The Morgan fingerprint density at radius 3 is 2.52 bits per heavy atom. The molecule has 29 heavy (non-hydrogen) atoms. The minimum Gasteiger partial charge on any atom is -0.430 e. The van der Waals surface area contributed by atoms with Crippen LogP contribution < -0.4 is 4.74 Å². The van der Waals surface area contributed by atoms with Crippen LogP contribution in [0, 0.1) is 27.7 Å². The third-order valence-electron chi connectivity index (χ3n) is 4.95. The number of aryl methyl sites for hydroxylation is 6. The summed E-state index contributed by atoms with van der Waals surface area (Å²) >= 11 is 1.28. The maximum Gasteiger partial charge on any atom is 0.299 e. The molecule has 0 saturated heterocycles. The molecule has 2 heterocycles. The lowest BCUT2D eigenvalue weighted by atomic mass is 10.0. The smallest absolute Gasteiger partial charge is 0.299 e. The number of rotatable bonds is 6. The molecule has 0 saturated carbocycles. The van der Waals surface area contributed by atoms with E-state index < -0.39 is 0 Å². The molecule has 0 amide bonds. The molecule has 0 N–H and O–H groups in total. The Bertz CT molecular complexity index is 1130. The Labute approximate surface area is 175 Å². The standard InChI is InChI=1S/C23H24N4OS/c1-15-5-7-19(8-6-15)22-25-23(29-26-22)28-21-12-16(2)20(11-17(21)3)9-10-27-13-18(4)24-14-27/h5-8,11-14H,9-10H2,1-4H3. The molecule has 5 nitrogen and oxygen atoms in total. The summed E-state index contributed by atoms with van der Waals surface area (Å²) in [4.78, 5) is 8.84. The molecule has 0 atom stereocenters. The summed E-state index contributed by atoms with van der Waals surface area (Å²) in [5.41, 5.74) is 6.89. The zero-order chi connectivity index (χ0) is 20.4. The van der Waals surface area contributed by atoms with Crippen molar-refractivity contribution in [2.45, 2.75) is 40.7 Å². The highest BCUT2D eigenvalue weighted by atomic mass is 32.1. The summed E-state index contributed by atoms with van der Waals surface area (Å²) in [7, 11) is 0. The highest BCUT2D eigenvalue weighted by molar-refractivity contribution is 7.07. The molecule has 0 radical (unpaired) electrons. The Kier molecular flexibility index (Phi) is 5.45. The number of benzene rings is 2. The van der Waals surface area contributed by atoms with Gasteiger partial charge in [0, 0.05) is 29.8 Å². The fourth-order valence-corrected chi connectivity index (χ4v) is 3.80. The van der Waals surface area contributed by atoms with Crippen molar-refractivity contribution in [3.05, 3.63) is 76.9 Å². The first kappa shape index (κ1) is 19.3. The van der Waals surface area contributed by atoms with Gasteiger partial charge in [-0.3, -0.25) is 0 Å². The quantitative estimate of drug-likeness (QED) is 0.415. The lowest BCUT2D eigenvalue weighted by molar-refractivity contribution is 0.475. The molecule has 0 spiro atoms. The zero-order valence-electron chi connectivity index (χ0n) is 17.1. The van der Waals surface area contributed by atoms with Crippen molar-refractivity contribution in [2.75, 3.05) is 0 Å². The maximum atomic E-state index is 6.07. The van der Waals surface area contributed by atoms with Gasteiger partial charge in [-0.2, -0.15) is 9.36 Å². The van der Waals surface area contributed by atoms with Crippen LogP contribution in [0.15, 0.2) is 48.9 Å². The molecular weight excluding hydrogens is 380 g/mol. The van der Waals surface area contributed by atoms with Gasteiger partial charge >= 0.3 is 0 Å². The lowest BCUT2D eigenvalue weighted by Gasteiger charge is -2.12. The van der Waals surface area contributed by atoms with Crippen molar-refractivity contribution in [3.63, 3.8) is 0 Å². The maximum absolute atomic E-state index is 6.07. The fraction of sp³-hybridized carbons (Fsp3) is 0.261. The van der Waals surface area contributed by atoms with Gasteiger partial charge in [-0.25, -0.2) is 4.98 Å². The molecule has 0 aliphatic heterocycles. The monoisotopic (exact) mass is 404 g/mol. The predicted octanol–water partition coefficient (Wildman–Crippen LogP) is 5.67. The summed E-state index contributed by atoms with van der Waals surface area (Å²) in [6.07, 6.45) is 4.91. The van der Waals surface area contributed by atoms with Gasteiger partial charge in [0.2, 0.25) is 0 Å². The van der Waals surface area contributed by atoms with E-state index in [1.165, 1.54) is 28.2 Å². The number of nitrogens with zero attached hydrogens (tertiary/aromatic N) is 4. The molecule has 0 aliphatic rings. The normalized spacial score (nSPS) is 11.0. The molecule has 4 aromatic rings. The van der Waals surface area contributed by atoms with E-state index in [1.54, 1.807) is 0 Å². The topological polar surface area (TPSA) is 52.8 Å². The number of hydrogen-bond donors (Lipinski definition) is 0. The van der Waals surface area contributed by atoms with E-state index in [1.807, 2.05) is 25.4 Å². The second kappa shape index (κ2) is 8.17. The average molecular weight is 405 g/mol. The fourth-order valence-electron chi connectivity index (χ4n) is 3.24. The highest BCUT2D eigenvalue weighted by Gasteiger charge is 2.12. The van der Waals surface area contributed by atoms with Crippen molar-refractivity contribution < 1.29 is 4.74 Å². The van der Waals surface area contributed by atoms with Gasteiger partial charge in [-0.05, 0) is 56.9 Å². The minimum absolute atomic E-state index is 0.560. The van der Waals surface area contributed by atoms with Crippen LogP contribution in [-0.2, 0) is 13.0 Å². The van der Waals surface area contributed by atoms with Crippen molar-refractivity contribution in [1.82, 2.24) is 18.9 Å². The average Bonchev–Trinajstić information content (AvgIpc) is 3.33. The molecule has 0 aliphatic carbocycles. The first-order valence-electron chi connectivity index (χ1n) is 9.65. The number of aromatic nitrogens is 4. The largest absolute Gasteiger partial charge is 0.430 e. The Hall–Kier alpha value is -2.99. The van der Waals surface area contributed by atoms with Gasteiger partial charge in [-0.1, -0.05) is 35.9 Å². The van der Waals surface area contributed by atoms with E-state index in [0.717, 1.165) is 35.5 Å². The number of ether oxygens (including phenoxy) is 1. The van der Waals surface area contributed by atoms with E-state index in [-0.39, 0.29) is 0 Å². The van der Waals surface area contributed by atoms with Crippen molar-refractivity contribution >= 4 is 11.5 Å². The van der Waals surface area contributed by atoms with Crippen LogP contribution in [0.25, 0.3) is 11.4 Å². The van der Waals surface area contributed by atoms with Gasteiger partial charge in [0.1, 0.15) is 5.75 Å². The third kappa shape index (κ3) is 4.54. The van der Waals surface area contributed by atoms with Crippen LogP contribution in [0.5, 0.6) is 10.9 Å². The predicted molar refractivity (Wildman–Crippen MR) is 117 cm³/mol. The molecule has 148 valence electrons. The molecule has 4 rings (SSSR count). The van der Waals surface area contributed by atoms with Gasteiger partial charge in [0.05, 0.1) is 12.0 Å². The summed E-state index contributed by atoms with van der Waals surface area (Å²) in [6, 6.07) is 12.5. The Morgan fingerprint density at radius 1 is 1.00 bits per heavy atom. The summed E-state index contributed by atoms with van der Waals surface area (Å²) in [5.74, 6) is 1.53. The van der Waals surface area contributed by atoms with E-state index in [9.17, 15) is 0 Å². The molecular formula is C23H24N4OS. The molecule has 2 aromatic heterocycles. The molecule has 2 aromatic carbocycles. The molecule has 0 fully saturated rings. The zero-order valence-corrected chi connectivity index (χ0v) is 18.0. The lowest BCUT2D eigenvalue weighted by Crippen LogP contribution is -2.01. The molecule has 0 bridgehead atoms. The van der Waals surface area contributed by atoms with Crippen molar-refractivity contribution in [1.29, 1.82) is 0 Å².